The van der Waals surface area contributed by atoms with Crippen LogP contribution in [0.5, 0.6) is 0 Å². The molecule has 2 nitrogen and oxygen atoms in total. The molecule has 0 aromatic rings. The maximum Gasteiger partial charge on any atom is 0.302 e. The Balaban J connectivity index is 1.55. The number of rotatable bonds is 1. The van der Waals surface area contributed by atoms with Gasteiger partial charge in [-0.05, 0) is 99.2 Å². The third-order valence-electron chi connectivity index (χ3n) is 9.15. The maximum absolute atomic E-state index is 11.4. The van der Waals surface area contributed by atoms with Crippen molar-refractivity contribution in [3.8, 4) is 0 Å². The Morgan fingerprint density at radius 1 is 1.08 bits per heavy atom. The summed E-state index contributed by atoms with van der Waals surface area (Å²) in [7, 11) is 0. The molecule has 0 aliphatic heterocycles. The summed E-state index contributed by atoms with van der Waals surface area (Å²) < 4.78 is 5.59. The molecule has 4 fully saturated rings. The van der Waals surface area contributed by atoms with E-state index in [1.807, 2.05) is 0 Å². The van der Waals surface area contributed by atoms with Gasteiger partial charge < -0.3 is 4.74 Å². The highest BCUT2D eigenvalue weighted by molar-refractivity contribution is 5.66. The van der Waals surface area contributed by atoms with Crippen LogP contribution in [0.25, 0.3) is 0 Å². The van der Waals surface area contributed by atoms with Gasteiger partial charge in [0.05, 0.1) is 0 Å². The van der Waals surface area contributed by atoms with Gasteiger partial charge in [-0.3, -0.25) is 4.79 Å². The van der Waals surface area contributed by atoms with Crippen LogP contribution in [0.3, 0.4) is 0 Å². The zero-order valence-corrected chi connectivity index (χ0v) is 16.6. The Labute approximate surface area is 153 Å². The maximum atomic E-state index is 11.4. The first-order chi connectivity index (χ1) is 11.9. The third-order valence-corrected chi connectivity index (χ3v) is 9.15. The van der Waals surface area contributed by atoms with Gasteiger partial charge in [-0.15, -0.1) is 0 Å². The van der Waals surface area contributed by atoms with Gasteiger partial charge in [0.15, 0.2) is 0 Å². The zero-order chi connectivity index (χ0) is 17.8. The van der Waals surface area contributed by atoms with E-state index in [-0.39, 0.29) is 12.1 Å². The first kappa shape index (κ1) is 17.6. The number of hydrogen-bond donors (Lipinski definition) is 0. The molecule has 7 atom stereocenters. The van der Waals surface area contributed by atoms with Crippen LogP contribution >= 0.6 is 0 Å². The Hall–Kier alpha value is -0.790. The first-order valence-electron chi connectivity index (χ1n) is 10.7. The van der Waals surface area contributed by atoms with E-state index < -0.39 is 0 Å². The topological polar surface area (TPSA) is 26.3 Å². The van der Waals surface area contributed by atoms with Crippen LogP contribution in [-0.2, 0) is 9.53 Å². The third kappa shape index (κ3) is 2.61. The predicted octanol–water partition coefficient (Wildman–Crippen LogP) is 5.91. The fourth-order valence-corrected chi connectivity index (χ4v) is 7.88. The van der Waals surface area contributed by atoms with E-state index in [9.17, 15) is 4.79 Å². The molecule has 0 amide bonds. The summed E-state index contributed by atoms with van der Waals surface area (Å²) in [5.41, 5.74) is 2.73. The van der Waals surface area contributed by atoms with Gasteiger partial charge in [0.1, 0.15) is 6.10 Å². The zero-order valence-electron chi connectivity index (χ0n) is 16.6. The molecule has 0 heterocycles. The van der Waals surface area contributed by atoms with Gasteiger partial charge in [0.2, 0.25) is 0 Å². The minimum atomic E-state index is -0.0967. The van der Waals surface area contributed by atoms with E-state index in [0.29, 0.717) is 10.8 Å². The van der Waals surface area contributed by atoms with E-state index in [0.717, 1.165) is 36.5 Å². The summed E-state index contributed by atoms with van der Waals surface area (Å²) >= 11 is 0. The summed E-state index contributed by atoms with van der Waals surface area (Å²) in [4.78, 5) is 11.4. The molecule has 0 unspecified atom stereocenters. The number of allylic oxidation sites excluding steroid dienone is 2. The second-order valence-electron chi connectivity index (χ2n) is 9.97. The fourth-order valence-electron chi connectivity index (χ4n) is 7.88. The smallest absolute Gasteiger partial charge is 0.302 e. The van der Waals surface area contributed by atoms with E-state index in [1.54, 1.807) is 12.5 Å². The minimum Gasteiger partial charge on any atom is -0.463 e. The average molecular weight is 345 g/mol. The summed E-state index contributed by atoms with van der Waals surface area (Å²) in [5.74, 6) is 3.42. The highest BCUT2D eigenvalue weighted by Crippen LogP contribution is 2.67. The van der Waals surface area contributed by atoms with Gasteiger partial charge >= 0.3 is 5.97 Å². The molecule has 4 saturated carbocycles. The molecular weight excluding hydrogens is 308 g/mol. The number of carbonyl (C=O) groups is 1. The number of fused-ring (bicyclic) bond motifs is 5. The Morgan fingerprint density at radius 2 is 1.88 bits per heavy atom. The van der Waals surface area contributed by atoms with Gasteiger partial charge in [0.25, 0.3) is 0 Å². The quantitative estimate of drug-likeness (QED) is 0.437. The van der Waals surface area contributed by atoms with Crippen LogP contribution in [-0.4, -0.2) is 12.1 Å². The highest BCUT2D eigenvalue weighted by atomic mass is 16.5. The number of ether oxygens (including phenoxy) is 1. The molecule has 0 spiro atoms. The van der Waals surface area contributed by atoms with Crippen molar-refractivity contribution in [3.05, 3.63) is 11.6 Å². The molecule has 0 aromatic carbocycles. The number of carbonyl (C=O) groups excluding carboxylic acids is 1. The minimum absolute atomic E-state index is 0.0967. The molecule has 4 aliphatic rings. The van der Waals surface area contributed by atoms with Crippen molar-refractivity contribution in [2.75, 3.05) is 0 Å². The van der Waals surface area contributed by atoms with Gasteiger partial charge in [-0.2, -0.15) is 0 Å². The lowest BCUT2D eigenvalue weighted by atomic mass is 9.45. The standard InChI is InChI=1S/C23H36O2/c1-5-16-7-9-20-19-8-6-17-14-18(25-15(2)24)10-12-23(17,4)21(19)11-13-22(16,20)3/h5,17-21H,6-14H2,1-4H3/b16-5+/t17-,18+,19-,20-,21-,22+,23-/m0/s1. The molecule has 0 saturated heterocycles. The monoisotopic (exact) mass is 344 g/mol. The Morgan fingerprint density at radius 3 is 2.60 bits per heavy atom. The molecule has 25 heavy (non-hydrogen) atoms. The lowest BCUT2D eigenvalue weighted by Crippen LogP contribution is -2.53. The Kier molecular flexibility index (Phi) is 4.32. The normalized spacial score (nSPS) is 50.7. The van der Waals surface area contributed by atoms with Crippen LogP contribution in [0.15, 0.2) is 11.6 Å². The van der Waals surface area contributed by atoms with Crippen LogP contribution in [0.4, 0.5) is 0 Å². The van der Waals surface area contributed by atoms with Crippen LogP contribution in [0, 0.1) is 34.5 Å². The molecule has 4 aliphatic carbocycles. The van der Waals surface area contributed by atoms with Crippen molar-refractivity contribution in [2.45, 2.75) is 91.6 Å². The van der Waals surface area contributed by atoms with Crippen molar-refractivity contribution >= 4 is 5.97 Å². The van der Waals surface area contributed by atoms with Crippen LogP contribution < -0.4 is 0 Å². The summed E-state index contributed by atoms with van der Waals surface area (Å²) in [6.07, 6.45) is 14.4. The van der Waals surface area contributed by atoms with Crippen molar-refractivity contribution in [3.63, 3.8) is 0 Å². The second-order valence-corrected chi connectivity index (χ2v) is 9.97. The molecule has 140 valence electrons. The van der Waals surface area contributed by atoms with Gasteiger partial charge in [0, 0.05) is 6.92 Å². The van der Waals surface area contributed by atoms with Crippen molar-refractivity contribution < 1.29 is 9.53 Å². The molecular formula is C23H36O2. The summed E-state index contributed by atoms with van der Waals surface area (Å²) in [6.45, 7) is 8.98. The van der Waals surface area contributed by atoms with E-state index in [2.05, 4.69) is 26.8 Å². The van der Waals surface area contributed by atoms with E-state index in [4.69, 9.17) is 4.74 Å². The lowest BCUT2D eigenvalue weighted by Gasteiger charge is -2.60. The molecule has 2 heteroatoms. The van der Waals surface area contributed by atoms with Crippen LogP contribution in [0.2, 0.25) is 0 Å². The average Bonchev–Trinajstić information content (AvgIpc) is 2.91. The summed E-state index contributed by atoms with van der Waals surface area (Å²) in [6, 6.07) is 0. The SMILES string of the molecule is C/C=C1\CC[C@H]2[C@@H]3CC[C@H]4C[C@H](OC(C)=O)CC[C@]4(C)[C@H]3CC[C@]12C. The highest BCUT2D eigenvalue weighted by Gasteiger charge is 2.59. The first-order valence-corrected chi connectivity index (χ1v) is 10.7. The van der Waals surface area contributed by atoms with E-state index in [1.165, 1.54) is 44.9 Å². The molecule has 0 N–H and O–H groups in total. The number of esters is 1. The van der Waals surface area contributed by atoms with Gasteiger partial charge in [-0.25, -0.2) is 0 Å². The predicted molar refractivity (Wildman–Crippen MR) is 101 cm³/mol. The largest absolute Gasteiger partial charge is 0.463 e. The molecule has 4 rings (SSSR count). The molecule has 0 aromatic heterocycles. The van der Waals surface area contributed by atoms with Gasteiger partial charge in [-0.1, -0.05) is 25.5 Å². The van der Waals surface area contributed by atoms with Crippen molar-refractivity contribution in [1.29, 1.82) is 0 Å². The van der Waals surface area contributed by atoms with Crippen molar-refractivity contribution in [1.82, 2.24) is 0 Å². The lowest BCUT2D eigenvalue weighted by molar-refractivity contribution is -0.158. The summed E-state index contributed by atoms with van der Waals surface area (Å²) in [5, 5.41) is 0. The van der Waals surface area contributed by atoms with Crippen LogP contribution in [0.1, 0.15) is 85.5 Å². The van der Waals surface area contributed by atoms with Crippen molar-refractivity contribution in [2.24, 2.45) is 34.5 Å². The number of hydrogen-bond acceptors (Lipinski definition) is 2. The fraction of sp³-hybridized carbons (Fsp3) is 0.870. The van der Waals surface area contributed by atoms with E-state index >= 15 is 0 Å². The molecule has 0 bridgehead atoms. The second kappa shape index (κ2) is 6.13. The Bertz CT molecular complexity index is 579. The molecule has 0 radical (unpaired) electrons.